The van der Waals surface area contributed by atoms with Crippen molar-refractivity contribution in [2.24, 2.45) is 5.73 Å². The molecule has 0 bridgehead atoms. The molecule has 2 aromatic carbocycles. The van der Waals surface area contributed by atoms with Crippen molar-refractivity contribution in [3.05, 3.63) is 52.6 Å². The summed E-state index contributed by atoms with van der Waals surface area (Å²) in [5.74, 6) is 2.72. The molecule has 1 unspecified atom stereocenters. The number of rotatable bonds is 8. The van der Waals surface area contributed by atoms with Gasteiger partial charge in [-0.25, -0.2) is 0 Å². The molecule has 2 N–H and O–H groups in total. The summed E-state index contributed by atoms with van der Waals surface area (Å²) < 4.78 is 16.8. The Bertz CT molecular complexity index is 713. The summed E-state index contributed by atoms with van der Waals surface area (Å²) in [5, 5.41) is 0. The minimum Gasteiger partial charge on any atom is -0.497 e. The SMILES string of the molecule is CCOc1cc(C)c(C)cc1C(CN)Cc1cc(OC)ccc1OC. The number of methoxy groups -OCH3 is 2. The monoisotopic (exact) mass is 343 g/mol. The molecule has 0 heterocycles. The van der Waals surface area contributed by atoms with Crippen molar-refractivity contribution in [1.29, 1.82) is 0 Å². The third-order valence-electron chi connectivity index (χ3n) is 4.60. The summed E-state index contributed by atoms with van der Waals surface area (Å²) in [6.45, 7) is 7.39. The Balaban J connectivity index is 2.42. The first-order valence-electron chi connectivity index (χ1n) is 8.68. The fourth-order valence-electron chi connectivity index (χ4n) is 3.04. The summed E-state index contributed by atoms with van der Waals surface area (Å²) in [5.41, 5.74) is 10.8. The molecule has 0 amide bonds. The van der Waals surface area contributed by atoms with Crippen LogP contribution in [0.3, 0.4) is 0 Å². The van der Waals surface area contributed by atoms with Crippen molar-refractivity contribution in [2.45, 2.75) is 33.1 Å². The second-order valence-electron chi connectivity index (χ2n) is 6.22. The molecule has 4 heteroatoms. The van der Waals surface area contributed by atoms with E-state index in [9.17, 15) is 0 Å². The summed E-state index contributed by atoms with van der Waals surface area (Å²) in [7, 11) is 3.35. The zero-order valence-corrected chi connectivity index (χ0v) is 15.9. The first-order valence-corrected chi connectivity index (χ1v) is 8.68. The average Bonchev–Trinajstić information content (AvgIpc) is 2.62. The molecule has 0 saturated carbocycles. The van der Waals surface area contributed by atoms with Gasteiger partial charge < -0.3 is 19.9 Å². The van der Waals surface area contributed by atoms with Crippen LogP contribution >= 0.6 is 0 Å². The molecule has 136 valence electrons. The van der Waals surface area contributed by atoms with E-state index in [0.717, 1.165) is 34.8 Å². The van der Waals surface area contributed by atoms with E-state index in [1.807, 2.05) is 25.1 Å². The Morgan fingerprint density at radius 2 is 1.68 bits per heavy atom. The Hall–Kier alpha value is -2.20. The van der Waals surface area contributed by atoms with Gasteiger partial charge in [-0.05, 0) is 80.3 Å². The van der Waals surface area contributed by atoms with Crippen LogP contribution in [0, 0.1) is 13.8 Å². The van der Waals surface area contributed by atoms with Gasteiger partial charge in [0.2, 0.25) is 0 Å². The Morgan fingerprint density at radius 3 is 2.28 bits per heavy atom. The van der Waals surface area contributed by atoms with Gasteiger partial charge in [-0.3, -0.25) is 0 Å². The smallest absolute Gasteiger partial charge is 0.123 e. The predicted octanol–water partition coefficient (Wildman–Crippen LogP) is 4.00. The molecule has 0 saturated heterocycles. The highest BCUT2D eigenvalue weighted by Gasteiger charge is 2.19. The van der Waals surface area contributed by atoms with Crippen molar-refractivity contribution in [3.63, 3.8) is 0 Å². The lowest BCUT2D eigenvalue weighted by molar-refractivity contribution is 0.333. The summed E-state index contributed by atoms with van der Waals surface area (Å²) in [4.78, 5) is 0. The quantitative estimate of drug-likeness (QED) is 0.787. The molecule has 0 aliphatic rings. The fraction of sp³-hybridized carbons (Fsp3) is 0.429. The number of hydrogen-bond acceptors (Lipinski definition) is 4. The highest BCUT2D eigenvalue weighted by molar-refractivity contribution is 5.46. The minimum atomic E-state index is 0.141. The Kier molecular flexibility index (Phi) is 6.71. The van der Waals surface area contributed by atoms with Gasteiger partial charge in [-0.15, -0.1) is 0 Å². The first-order chi connectivity index (χ1) is 12.0. The molecular formula is C21H29NO3. The lowest BCUT2D eigenvalue weighted by atomic mass is 9.89. The zero-order chi connectivity index (χ0) is 18.4. The molecular weight excluding hydrogens is 314 g/mol. The van der Waals surface area contributed by atoms with Crippen molar-refractivity contribution in [2.75, 3.05) is 27.4 Å². The van der Waals surface area contributed by atoms with Crippen LogP contribution in [0.1, 0.15) is 35.1 Å². The lowest BCUT2D eigenvalue weighted by Gasteiger charge is -2.22. The minimum absolute atomic E-state index is 0.141. The normalized spacial score (nSPS) is 11.9. The van der Waals surface area contributed by atoms with Crippen LogP contribution in [0.4, 0.5) is 0 Å². The van der Waals surface area contributed by atoms with E-state index in [4.69, 9.17) is 19.9 Å². The van der Waals surface area contributed by atoms with Gasteiger partial charge in [0.25, 0.3) is 0 Å². The van der Waals surface area contributed by atoms with Crippen molar-refractivity contribution >= 4 is 0 Å². The van der Waals surface area contributed by atoms with Crippen LogP contribution < -0.4 is 19.9 Å². The number of benzene rings is 2. The van der Waals surface area contributed by atoms with Crippen molar-refractivity contribution in [3.8, 4) is 17.2 Å². The topological polar surface area (TPSA) is 53.7 Å². The van der Waals surface area contributed by atoms with Gasteiger partial charge in [0.1, 0.15) is 17.2 Å². The van der Waals surface area contributed by atoms with E-state index in [-0.39, 0.29) is 5.92 Å². The largest absolute Gasteiger partial charge is 0.497 e. The summed E-state index contributed by atoms with van der Waals surface area (Å²) in [6, 6.07) is 10.2. The van der Waals surface area contributed by atoms with Crippen LogP contribution in [0.15, 0.2) is 30.3 Å². The molecule has 4 nitrogen and oxygen atoms in total. The van der Waals surface area contributed by atoms with E-state index in [1.54, 1.807) is 14.2 Å². The van der Waals surface area contributed by atoms with E-state index in [0.29, 0.717) is 13.2 Å². The van der Waals surface area contributed by atoms with Gasteiger partial charge in [0, 0.05) is 5.92 Å². The number of hydrogen-bond donors (Lipinski definition) is 1. The molecule has 0 fully saturated rings. The van der Waals surface area contributed by atoms with Crippen molar-refractivity contribution < 1.29 is 14.2 Å². The van der Waals surface area contributed by atoms with Crippen LogP contribution in [0.2, 0.25) is 0 Å². The maximum absolute atomic E-state index is 6.14. The van der Waals surface area contributed by atoms with Crippen LogP contribution in [0.25, 0.3) is 0 Å². The maximum Gasteiger partial charge on any atom is 0.123 e. The average molecular weight is 343 g/mol. The highest BCUT2D eigenvalue weighted by Crippen LogP contribution is 2.34. The molecule has 1 atom stereocenters. The summed E-state index contributed by atoms with van der Waals surface area (Å²) >= 11 is 0. The molecule has 0 spiro atoms. The standard InChI is InChI=1S/C21H29NO3/c1-6-25-21-10-15(3)14(2)9-19(21)17(13-22)11-16-12-18(23-4)7-8-20(16)24-5/h7-10,12,17H,6,11,13,22H2,1-5H3. The predicted molar refractivity (Wildman–Crippen MR) is 102 cm³/mol. The second kappa shape index (κ2) is 8.77. The molecule has 2 rings (SSSR count). The fourth-order valence-corrected chi connectivity index (χ4v) is 3.04. The van der Waals surface area contributed by atoms with Crippen LogP contribution in [0.5, 0.6) is 17.2 Å². The highest BCUT2D eigenvalue weighted by atomic mass is 16.5. The summed E-state index contributed by atoms with van der Waals surface area (Å²) in [6.07, 6.45) is 0.763. The molecule has 0 aliphatic heterocycles. The van der Waals surface area contributed by atoms with E-state index >= 15 is 0 Å². The number of nitrogens with two attached hydrogens (primary N) is 1. The number of aryl methyl sites for hydroxylation is 2. The molecule has 0 aliphatic carbocycles. The molecule has 25 heavy (non-hydrogen) atoms. The van der Waals surface area contributed by atoms with E-state index in [2.05, 4.69) is 26.0 Å². The van der Waals surface area contributed by atoms with Crippen molar-refractivity contribution in [1.82, 2.24) is 0 Å². The van der Waals surface area contributed by atoms with Gasteiger partial charge in [0.05, 0.1) is 20.8 Å². The van der Waals surface area contributed by atoms with Gasteiger partial charge in [-0.2, -0.15) is 0 Å². The third kappa shape index (κ3) is 4.45. The van der Waals surface area contributed by atoms with Gasteiger partial charge in [0.15, 0.2) is 0 Å². The molecule has 0 radical (unpaired) electrons. The van der Waals surface area contributed by atoms with E-state index in [1.165, 1.54) is 11.1 Å². The maximum atomic E-state index is 6.14. The molecule has 2 aromatic rings. The number of ether oxygens (including phenoxy) is 3. The first kappa shape index (κ1) is 19.1. The zero-order valence-electron chi connectivity index (χ0n) is 15.9. The van der Waals surface area contributed by atoms with Gasteiger partial charge in [-0.1, -0.05) is 6.07 Å². The lowest BCUT2D eigenvalue weighted by Crippen LogP contribution is -2.17. The second-order valence-corrected chi connectivity index (χ2v) is 6.22. The Labute approximate surface area is 150 Å². The van der Waals surface area contributed by atoms with Crippen LogP contribution in [-0.4, -0.2) is 27.4 Å². The third-order valence-corrected chi connectivity index (χ3v) is 4.60. The molecule has 0 aromatic heterocycles. The van der Waals surface area contributed by atoms with Gasteiger partial charge >= 0.3 is 0 Å². The van der Waals surface area contributed by atoms with Crippen LogP contribution in [-0.2, 0) is 6.42 Å². The van der Waals surface area contributed by atoms with E-state index < -0.39 is 0 Å². The Morgan fingerprint density at radius 1 is 0.960 bits per heavy atom.